The smallest absolute Gasteiger partial charge is 0.322 e. The number of carboxylic acid groups (broad SMARTS) is 1. The molecule has 1 heterocycles. The standard InChI is InChI=1S/C8H13NO6S/c1-15-7(10)5-16(13,14)9-3-2-6(4-9)8(11)12/h6H,2-5H2,1H3,(H,11,12). The average molecular weight is 251 g/mol. The maximum Gasteiger partial charge on any atom is 0.322 e. The van der Waals surface area contributed by atoms with E-state index in [2.05, 4.69) is 4.74 Å². The molecule has 0 amide bonds. The zero-order valence-corrected chi connectivity index (χ0v) is 9.57. The zero-order chi connectivity index (χ0) is 12.3. The van der Waals surface area contributed by atoms with Gasteiger partial charge in [-0.25, -0.2) is 12.7 Å². The second-order valence-corrected chi connectivity index (χ2v) is 5.48. The molecule has 16 heavy (non-hydrogen) atoms. The second kappa shape index (κ2) is 4.79. The van der Waals surface area contributed by atoms with Crippen LogP contribution in [0.2, 0.25) is 0 Å². The van der Waals surface area contributed by atoms with Gasteiger partial charge >= 0.3 is 11.9 Å². The number of aliphatic carboxylic acids is 1. The molecule has 7 nitrogen and oxygen atoms in total. The predicted octanol–water partition coefficient (Wildman–Crippen LogP) is -1.10. The molecule has 0 saturated carbocycles. The Labute approximate surface area is 93.0 Å². The monoisotopic (exact) mass is 251 g/mol. The van der Waals surface area contributed by atoms with Crippen LogP contribution in [0, 0.1) is 5.92 Å². The van der Waals surface area contributed by atoms with Crippen molar-refractivity contribution >= 4 is 22.0 Å². The summed E-state index contributed by atoms with van der Waals surface area (Å²) in [5, 5.41) is 8.71. The van der Waals surface area contributed by atoms with Gasteiger partial charge in [0.1, 0.15) is 0 Å². The lowest BCUT2D eigenvalue weighted by Gasteiger charge is -2.14. The van der Waals surface area contributed by atoms with E-state index >= 15 is 0 Å². The highest BCUT2D eigenvalue weighted by molar-refractivity contribution is 7.89. The average Bonchev–Trinajstić information content (AvgIpc) is 2.66. The van der Waals surface area contributed by atoms with Crippen molar-refractivity contribution in [3.05, 3.63) is 0 Å². The van der Waals surface area contributed by atoms with Gasteiger partial charge in [-0.3, -0.25) is 9.59 Å². The number of carbonyl (C=O) groups is 2. The molecule has 1 N–H and O–H groups in total. The van der Waals surface area contributed by atoms with Gasteiger partial charge in [0.05, 0.1) is 13.0 Å². The Balaban J connectivity index is 2.65. The van der Waals surface area contributed by atoms with Crippen molar-refractivity contribution in [1.82, 2.24) is 4.31 Å². The minimum absolute atomic E-state index is 0.0747. The zero-order valence-electron chi connectivity index (χ0n) is 8.75. The molecule has 1 aliphatic rings. The molecule has 1 rings (SSSR count). The molecule has 0 aromatic rings. The maximum atomic E-state index is 11.6. The number of nitrogens with zero attached hydrogens (tertiary/aromatic N) is 1. The molecule has 0 radical (unpaired) electrons. The van der Waals surface area contributed by atoms with Gasteiger partial charge in [-0.1, -0.05) is 0 Å². The molecular formula is C8H13NO6S. The molecule has 92 valence electrons. The summed E-state index contributed by atoms with van der Waals surface area (Å²) in [5.41, 5.74) is 0. The topological polar surface area (TPSA) is 101 Å². The lowest BCUT2D eigenvalue weighted by Crippen LogP contribution is -2.34. The minimum Gasteiger partial charge on any atom is -0.481 e. The van der Waals surface area contributed by atoms with Crippen molar-refractivity contribution in [2.24, 2.45) is 5.92 Å². The van der Waals surface area contributed by atoms with E-state index in [1.165, 1.54) is 0 Å². The summed E-state index contributed by atoms with van der Waals surface area (Å²) in [4.78, 5) is 21.5. The van der Waals surface area contributed by atoms with E-state index in [9.17, 15) is 18.0 Å². The molecule has 1 aliphatic heterocycles. The van der Waals surface area contributed by atoms with Gasteiger partial charge in [-0.15, -0.1) is 0 Å². The van der Waals surface area contributed by atoms with Gasteiger partial charge in [-0.05, 0) is 6.42 Å². The van der Waals surface area contributed by atoms with Crippen LogP contribution in [0.4, 0.5) is 0 Å². The molecule has 1 unspecified atom stereocenters. The van der Waals surface area contributed by atoms with Crippen molar-refractivity contribution in [3.8, 4) is 0 Å². The highest BCUT2D eigenvalue weighted by atomic mass is 32.2. The van der Waals surface area contributed by atoms with E-state index in [-0.39, 0.29) is 19.5 Å². The Bertz CT molecular complexity index is 389. The number of carbonyl (C=O) groups excluding carboxylic acids is 1. The fourth-order valence-corrected chi connectivity index (χ4v) is 2.87. The van der Waals surface area contributed by atoms with E-state index in [1.807, 2.05) is 0 Å². The van der Waals surface area contributed by atoms with Crippen LogP contribution >= 0.6 is 0 Å². The molecule has 0 bridgehead atoms. The minimum atomic E-state index is -3.74. The Morgan fingerprint density at radius 1 is 1.50 bits per heavy atom. The van der Waals surface area contributed by atoms with Crippen molar-refractivity contribution < 1.29 is 27.9 Å². The third kappa shape index (κ3) is 2.92. The molecule has 0 spiro atoms. The van der Waals surface area contributed by atoms with Crippen LogP contribution in [0.15, 0.2) is 0 Å². The normalized spacial score (nSPS) is 21.9. The summed E-state index contributed by atoms with van der Waals surface area (Å²) in [6.45, 7) is 0.0605. The summed E-state index contributed by atoms with van der Waals surface area (Å²) in [6.07, 6.45) is 0.274. The van der Waals surface area contributed by atoms with Crippen molar-refractivity contribution in [1.29, 1.82) is 0 Å². The summed E-state index contributed by atoms with van der Waals surface area (Å²) < 4.78 is 28.5. The number of sulfonamides is 1. The quantitative estimate of drug-likeness (QED) is 0.636. The number of hydrogen-bond donors (Lipinski definition) is 1. The lowest BCUT2D eigenvalue weighted by atomic mass is 10.1. The van der Waals surface area contributed by atoms with E-state index in [0.29, 0.717) is 0 Å². The number of carboxylic acids is 1. The Morgan fingerprint density at radius 2 is 2.12 bits per heavy atom. The summed E-state index contributed by atoms with van der Waals surface area (Å²) in [5.74, 6) is -3.29. The van der Waals surface area contributed by atoms with Crippen LogP contribution in [0.5, 0.6) is 0 Å². The summed E-state index contributed by atoms with van der Waals surface area (Å²) >= 11 is 0. The highest BCUT2D eigenvalue weighted by Gasteiger charge is 2.36. The first-order chi connectivity index (χ1) is 7.36. The lowest BCUT2D eigenvalue weighted by molar-refractivity contribution is -0.141. The van der Waals surface area contributed by atoms with Gasteiger partial charge < -0.3 is 9.84 Å². The number of hydrogen-bond acceptors (Lipinski definition) is 5. The maximum absolute atomic E-state index is 11.6. The Morgan fingerprint density at radius 3 is 2.56 bits per heavy atom. The highest BCUT2D eigenvalue weighted by Crippen LogP contribution is 2.19. The fraction of sp³-hybridized carbons (Fsp3) is 0.750. The van der Waals surface area contributed by atoms with Crippen molar-refractivity contribution in [3.63, 3.8) is 0 Å². The summed E-state index contributed by atoms with van der Waals surface area (Å²) in [6, 6.07) is 0. The molecule has 0 aliphatic carbocycles. The molecule has 8 heteroatoms. The third-order valence-corrected chi connectivity index (χ3v) is 4.14. The molecular weight excluding hydrogens is 238 g/mol. The number of rotatable bonds is 4. The molecule has 1 atom stereocenters. The van der Waals surface area contributed by atoms with Gasteiger partial charge in [0.25, 0.3) is 0 Å². The van der Waals surface area contributed by atoms with Crippen molar-refractivity contribution in [2.45, 2.75) is 6.42 Å². The third-order valence-electron chi connectivity index (χ3n) is 2.42. The van der Waals surface area contributed by atoms with Crippen LogP contribution < -0.4 is 0 Å². The van der Waals surface area contributed by atoms with Crippen LogP contribution in [0.3, 0.4) is 0 Å². The van der Waals surface area contributed by atoms with E-state index < -0.39 is 33.6 Å². The Kier molecular flexibility index (Phi) is 3.87. The van der Waals surface area contributed by atoms with E-state index in [1.54, 1.807) is 0 Å². The van der Waals surface area contributed by atoms with Crippen LogP contribution in [-0.2, 0) is 24.3 Å². The van der Waals surface area contributed by atoms with Crippen LogP contribution in [0.1, 0.15) is 6.42 Å². The first-order valence-electron chi connectivity index (χ1n) is 4.64. The largest absolute Gasteiger partial charge is 0.481 e. The Hall–Kier alpha value is -1.15. The summed E-state index contributed by atoms with van der Waals surface area (Å²) in [7, 11) is -2.64. The van der Waals surface area contributed by atoms with E-state index in [0.717, 1.165) is 11.4 Å². The first-order valence-corrected chi connectivity index (χ1v) is 6.25. The van der Waals surface area contributed by atoms with Crippen LogP contribution in [0.25, 0.3) is 0 Å². The van der Waals surface area contributed by atoms with Gasteiger partial charge in [0.15, 0.2) is 5.75 Å². The van der Waals surface area contributed by atoms with Gasteiger partial charge in [-0.2, -0.15) is 0 Å². The number of methoxy groups -OCH3 is 1. The molecule has 1 fully saturated rings. The van der Waals surface area contributed by atoms with Gasteiger partial charge in [0, 0.05) is 13.1 Å². The number of esters is 1. The number of ether oxygens (including phenoxy) is 1. The van der Waals surface area contributed by atoms with Crippen LogP contribution in [-0.4, -0.2) is 55.7 Å². The van der Waals surface area contributed by atoms with E-state index in [4.69, 9.17) is 5.11 Å². The fourth-order valence-electron chi connectivity index (χ4n) is 1.48. The SMILES string of the molecule is COC(=O)CS(=O)(=O)N1CCC(C(=O)O)C1. The molecule has 0 aromatic heterocycles. The van der Waals surface area contributed by atoms with Gasteiger partial charge in [0.2, 0.25) is 10.0 Å². The predicted molar refractivity (Wildman–Crippen MR) is 53.1 cm³/mol. The first kappa shape index (κ1) is 12.9. The molecule has 0 aromatic carbocycles. The van der Waals surface area contributed by atoms with Crippen molar-refractivity contribution in [2.75, 3.05) is 26.0 Å². The molecule has 1 saturated heterocycles. The second-order valence-electron chi connectivity index (χ2n) is 3.51.